The third kappa shape index (κ3) is 2.11. The van der Waals surface area contributed by atoms with Crippen molar-refractivity contribution in [2.75, 3.05) is 20.2 Å². The van der Waals surface area contributed by atoms with Crippen molar-refractivity contribution in [2.45, 2.75) is 18.8 Å². The van der Waals surface area contributed by atoms with Gasteiger partial charge in [0.15, 0.2) is 11.5 Å². The van der Waals surface area contributed by atoms with Crippen LogP contribution in [0.25, 0.3) is 0 Å². The van der Waals surface area contributed by atoms with Crippen molar-refractivity contribution in [1.29, 1.82) is 0 Å². The molecule has 1 aliphatic rings. The van der Waals surface area contributed by atoms with E-state index in [9.17, 15) is 9.50 Å². The lowest BCUT2D eigenvalue weighted by Crippen LogP contribution is -2.26. The number of phenols is 1. The summed E-state index contributed by atoms with van der Waals surface area (Å²) in [6, 6.07) is 3.19. The van der Waals surface area contributed by atoms with Crippen molar-refractivity contribution in [3.8, 4) is 11.5 Å². The average molecular weight is 225 g/mol. The smallest absolute Gasteiger partial charge is 0.206 e. The highest BCUT2D eigenvalue weighted by atomic mass is 19.1. The highest BCUT2D eigenvalue weighted by Gasteiger charge is 2.19. The van der Waals surface area contributed by atoms with Gasteiger partial charge in [0, 0.05) is 0 Å². The van der Waals surface area contributed by atoms with E-state index in [0.717, 1.165) is 31.5 Å². The molecular weight excluding hydrogens is 209 g/mol. The number of aromatic hydroxyl groups is 1. The molecule has 0 aliphatic carbocycles. The van der Waals surface area contributed by atoms with Crippen molar-refractivity contribution in [1.82, 2.24) is 5.32 Å². The second kappa shape index (κ2) is 4.70. The van der Waals surface area contributed by atoms with Crippen molar-refractivity contribution in [3.05, 3.63) is 23.5 Å². The highest BCUT2D eigenvalue weighted by molar-refractivity contribution is 5.41. The molecule has 0 amide bonds. The number of piperidine rings is 1. The normalized spacial score (nSPS) is 17.4. The first-order valence-corrected chi connectivity index (χ1v) is 5.49. The molecular formula is C12H16FNO2. The van der Waals surface area contributed by atoms with E-state index < -0.39 is 5.82 Å². The maximum atomic E-state index is 13.4. The Morgan fingerprint density at radius 2 is 2.06 bits per heavy atom. The predicted octanol–water partition coefficient (Wildman–Crippen LogP) is 2.01. The summed E-state index contributed by atoms with van der Waals surface area (Å²) in [5, 5.41) is 12.7. The summed E-state index contributed by atoms with van der Waals surface area (Å²) in [5.41, 5.74) is 0.956. The number of hydrogen-bond acceptors (Lipinski definition) is 3. The molecule has 1 aliphatic heterocycles. The molecule has 1 heterocycles. The van der Waals surface area contributed by atoms with Gasteiger partial charge in [0.1, 0.15) is 0 Å². The van der Waals surface area contributed by atoms with E-state index in [1.165, 1.54) is 13.2 Å². The van der Waals surface area contributed by atoms with Gasteiger partial charge in [-0.05, 0) is 49.5 Å². The lowest BCUT2D eigenvalue weighted by molar-refractivity contribution is 0.361. The number of rotatable bonds is 2. The summed E-state index contributed by atoms with van der Waals surface area (Å²) < 4.78 is 18.3. The number of methoxy groups -OCH3 is 1. The SMILES string of the molecule is COc1cc(C2CCNCC2)cc(O)c1F. The molecule has 0 aromatic heterocycles. The summed E-state index contributed by atoms with van der Waals surface area (Å²) in [5.74, 6) is -0.511. The molecule has 0 unspecified atom stereocenters. The highest BCUT2D eigenvalue weighted by Crippen LogP contribution is 2.34. The second-order valence-corrected chi connectivity index (χ2v) is 4.08. The van der Waals surface area contributed by atoms with Crippen molar-refractivity contribution in [2.24, 2.45) is 0 Å². The number of nitrogens with one attached hydrogen (secondary N) is 1. The molecule has 16 heavy (non-hydrogen) atoms. The molecule has 1 aromatic rings. The maximum absolute atomic E-state index is 13.4. The minimum absolute atomic E-state index is 0.119. The zero-order chi connectivity index (χ0) is 11.5. The maximum Gasteiger partial charge on any atom is 0.206 e. The minimum atomic E-state index is -0.680. The Morgan fingerprint density at radius 1 is 1.38 bits per heavy atom. The number of benzene rings is 1. The minimum Gasteiger partial charge on any atom is -0.505 e. The number of halogens is 1. The van der Waals surface area contributed by atoms with Gasteiger partial charge in [-0.25, -0.2) is 0 Å². The van der Waals surface area contributed by atoms with Gasteiger partial charge in [-0.15, -0.1) is 0 Å². The Labute approximate surface area is 94.2 Å². The van der Waals surface area contributed by atoms with Crippen LogP contribution in [0.1, 0.15) is 24.3 Å². The lowest BCUT2D eigenvalue weighted by atomic mass is 9.90. The van der Waals surface area contributed by atoms with Crippen molar-refractivity contribution >= 4 is 0 Å². The van der Waals surface area contributed by atoms with Gasteiger partial charge >= 0.3 is 0 Å². The Kier molecular flexibility index (Phi) is 3.29. The molecule has 0 saturated carbocycles. The van der Waals surface area contributed by atoms with Crippen LogP contribution in [0.2, 0.25) is 0 Å². The van der Waals surface area contributed by atoms with Gasteiger partial charge in [0.2, 0.25) is 5.82 Å². The largest absolute Gasteiger partial charge is 0.505 e. The fraction of sp³-hybridized carbons (Fsp3) is 0.500. The third-order valence-corrected chi connectivity index (χ3v) is 3.07. The van der Waals surface area contributed by atoms with E-state index in [4.69, 9.17) is 4.74 Å². The molecule has 2 rings (SSSR count). The second-order valence-electron chi connectivity index (χ2n) is 4.08. The monoisotopic (exact) mass is 225 g/mol. The van der Waals surface area contributed by atoms with Crippen LogP contribution in [-0.2, 0) is 0 Å². The number of hydrogen-bond donors (Lipinski definition) is 2. The average Bonchev–Trinajstić information content (AvgIpc) is 2.33. The van der Waals surface area contributed by atoms with Crippen LogP contribution in [0, 0.1) is 5.82 Å². The zero-order valence-corrected chi connectivity index (χ0v) is 9.29. The molecule has 0 spiro atoms. The summed E-state index contributed by atoms with van der Waals surface area (Å²) >= 11 is 0. The molecule has 0 atom stereocenters. The molecule has 1 aromatic carbocycles. The van der Waals surface area contributed by atoms with E-state index in [0.29, 0.717) is 5.92 Å². The van der Waals surface area contributed by atoms with Crippen LogP contribution in [0.5, 0.6) is 11.5 Å². The van der Waals surface area contributed by atoms with E-state index in [-0.39, 0.29) is 11.5 Å². The van der Waals surface area contributed by atoms with Crippen LogP contribution >= 0.6 is 0 Å². The van der Waals surface area contributed by atoms with E-state index in [1.54, 1.807) is 6.07 Å². The van der Waals surface area contributed by atoms with E-state index in [2.05, 4.69) is 5.32 Å². The van der Waals surface area contributed by atoms with E-state index in [1.807, 2.05) is 0 Å². The first-order chi connectivity index (χ1) is 7.72. The van der Waals surface area contributed by atoms with Crippen LogP contribution < -0.4 is 10.1 Å². The quantitative estimate of drug-likeness (QED) is 0.809. The van der Waals surface area contributed by atoms with Crippen LogP contribution in [0.15, 0.2) is 12.1 Å². The fourth-order valence-electron chi connectivity index (χ4n) is 2.14. The molecule has 3 nitrogen and oxygen atoms in total. The Bertz CT molecular complexity index is 376. The lowest BCUT2D eigenvalue weighted by Gasteiger charge is -2.23. The molecule has 88 valence electrons. The van der Waals surface area contributed by atoms with Crippen LogP contribution in [0.3, 0.4) is 0 Å². The van der Waals surface area contributed by atoms with Crippen molar-refractivity contribution in [3.63, 3.8) is 0 Å². The Hall–Kier alpha value is -1.29. The fourth-order valence-corrected chi connectivity index (χ4v) is 2.14. The molecule has 1 fully saturated rings. The van der Waals surface area contributed by atoms with Gasteiger partial charge in [-0.1, -0.05) is 0 Å². The topological polar surface area (TPSA) is 41.5 Å². The van der Waals surface area contributed by atoms with E-state index >= 15 is 0 Å². The Balaban J connectivity index is 2.29. The van der Waals surface area contributed by atoms with Crippen molar-refractivity contribution < 1.29 is 14.2 Å². The molecule has 0 radical (unpaired) electrons. The van der Waals surface area contributed by atoms with Gasteiger partial charge < -0.3 is 15.2 Å². The summed E-state index contributed by atoms with van der Waals surface area (Å²) in [4.78, 5) is 0. The molecule has 2 N–H and O–H groups in total. The standard InChI is InChI=1S/C12H16FNO2/c1-16-11-7-9(6-10(15)12(11)13)8-2-4-14-5-3-8/h6-8,14-15H,2-5H2,1H3. The van der Waals surface area contributed by atoms with Gasteiger partial charge in [0.25, 0.3) is 0 Å². The zero-order valence-electron chi connectivity index (χ0n) is 9.29. The molecule has 1 saturated heterocycles. The number of ether oxygens (including phenoxy) is 1. The predicted molar refractivity (Wildman–Crippen MR) is 59.5 cm³/mol. The van der Waals surface area contributed by atoms with Crippen LogP contribution in [0.4, 0.5) is 4.39 Å². The first-order valence-electron chi connectivity index (χ1n) is 5.49. The summed E-state index contributed by atoms with van der Waals surface area (Å²) in [6.07, 6.45) is 2.02. The Morgan fingerprint density at radius 3 is 2.69 bits per heavy atom. The van der Waals surface area contributed by atoms with Crippen LogP contribution in [-0.4, -0.2) is 25.3 Å². The third-order valence-electron chi connectivity index (χ3n) is 3.07. The molecule has 0 bridgehead atoms. The summed E-state index contributed by atoms with van der Waals surface area (Å²) in [6.45, 7) is 1.93. The van der Waals surface area contributed by atoms with Gasteiger partial charge in [-0.3, -0.25) is 0 Å². The van der Waals surface area contributed by atoms with Gasteiger partial charge in [0.05, 0.1) is 7.11 Å². The molecule has 4 heteroatoms. The van der Waals surface area contributed by atoms with Gasteiger partial charge in [-0.2, -0.15) is 4.39 Å². The summed E-state index contributed by atoms with van der Waals surface area (Å²) in [7, 11) is 1.41. The number of phenolic OH excluding ortho intramolecular Hbond substituents is 1. The first kappa shape index (κ1) is 11.2.